The Morgan fingerprint density at radius 2 is 1.45 bits per heavy atom. The number of non-ortho nitro benzene ring substituents is 1. The summed E-state index contributed by atoms with van der Waals surface area (Å²) in [6, 6.07) is 11.1. The van der Waals surface area contributed by atoms with Crippen molar-refractivity contribution < 1.29 is 15.0 Å². The van der Waals surface area contributed by atoms with Crippen molar-refractivity contribution in [2.45, 2.75) is 0 Å². The first kappa shape index (κ1) is 15.4. The average Bonchev–Trinajstić information content (AvgIpc) is 2.40. The van der Waals surface area contributed by atoms with Crippen molar-refractivity contribution in [2.75, 3.05) is 0 Å². The van der Waals surface area contributed by atoms with Crippen LogP contribution in [0.2, 0.25) is 5.02 Å². The molecule has 0 amide bonds. The Morgan fingerprint density at radius 3 is 1.85 bits per heavy atom. The van der Waals surface area contributed by atoms with Crippen LogP contribution in [0, 0.1) is 20.2 Å². The third-order valence-electron chi connectivity index (χ3n) is 2.11. The maximum atomic E-state index is 10.1. The fourth-order valence-corrected chi connectivity index (χ4v) is 1.38. The summed E-state index contributed by atoms with van der Waals surface area (Å²) in [5.41, 5.74) is -0.0676. The van der Waals surface area contributed by atoms with Crippen LogP contribution in [0.5, 0.6) is 5.75 Å². The van der Waals surface area contributed by atoms with Crippen LogP contribution in [0.1, 0.15) is 0 Å². The Kier molecular flexibility index (Phi) is 5.42. The molecule has 8 heteroatoms. The molecule has 0 spiro atoms. The zero-order valence-electron chi connectivity index (χ0n) is 9.97. The normalized spacial score (nSPS) is 9.25. The van der Waals surface area contributed by atoms with E-state index in [4.69, 9.17) is 16.7 Å². The SMILES string of the molecule is O=[N+]([O-])c1ccc(O)cc1.O=[N+]([O-])c1ccccc1Cl. The van der Waals surface area contributed by atoms with Crippen LogP contribution in [0.25, 0.3) is 0 Å². The molecule has 2 rings (SSSR count). The number of para-hydroxylation sites is 1. The van der Waals surface area contributed by atoms with E-state index in [1.54, 1.807) is 12.1 Å². The molecule has 0 atom stereocenters. The lowest BCUT2D eigenvalue weighted by Gasteiger charge is -1.90. The first-order valence-corrected chi connectivity index (χ1v) is 5.62. The standard InChI is InChI=1S/C6H4ClNO2.C6H5NO3/c7-5-3-1-2-4-6(5)8(9)10;8-6-3-1-5(2-4-6)7(9)10/h1-4H;1-4,8H. The van der Waals surface area contributed by atoms with Crippen LogP contribution in [0.4, 0.5) is 11.4 Å². The Balaban J connectivity index is 0.000000200. The minimum Gasteiger partial charge on any atom is -0.508 e. The lowest BCUT2D eigenvalue weighted by molar-refractivity contribution is -0.385. The number of halogens is 1. The van der Waals surface area contributed by atoms with E-state index >= 15 is 0 Å². The molecule has 0 heterocycles. The highest BCUT2D eigenvalue weighted by Gasteiger charge is 2.08. The monoisotopic (exact) mass is 296 g/mol. The van der Waals surface area contributed by atoms with E-state index in [-0.39, 0.29) is 22.1 Å². The van der Waals surface area contributed by atoms with Crippen LogP contribution in [0.15, 0.2) is 48.5 Å². The van der Waals surface area contributed by atoms with Gasteiger partial charge in [0.2, 0.25) is 0 Å². The number of nitro groups is 2. The zero-order valence-corrected chi connectivity index (χ0v) is 10.7. The van der Waals surface area contributed by atoms with Crippen LogP contribution in [0.3, 0.4) is 0 Å². The van der Waals surface area contributed by atoms with Gasteiger partial charge >= 0.3 is 0 Å². The van der Waals surface area contributed by atoms with Crippen LogP contribution in [-0.2, 0) is 0 Å². The summed E-state index contributed by atoms with van der Waals surface area (Å²) in [6.07, 6.45) is 0. The molecular weight excluding hydrogens is 288 g/mol. The first-order valence-electron chi connectivity index (χ1n) is 5.24. The smallest absolute Gasteiger partial charge is 0.287 e. The van der Waals surface area contributed by atoms with Crippen molar-refractivity contribution in [3.05, 3.63) is 73.8 Å². The Morgan fingerprint density at radius 1 is 0.900 bits per heavy atom. The third kappa shape index (κ3) is 4.54. The summed E-state index contributed by atoms with van der Waals surface area (Å²) in [5, 5.41) is 29.1. The van der Waals surface area contributed by atoms with E-state index in [9.17, 15) is 20.2 Å². The predicted molar refractivity (Wildman–Crippen MR) is 72.9 cm³/mol. The van der Waals surface area contributed by atoms with Crippen LogP contribution < -0.4 is 0 Å². The molecule has 0 fully saturated rings. The molecule has 0 saturated carbocycles. The van der Waals surface area contributed by atoms with Gasteiger partial charge < -0.3 is 5.11 Å². The summed E-state index contributed by atoms with van der Waals surface area (Å²) in [4.78, 5) is 19.2. The molecule has 0 radical (unpaired) electrons. The zero-order chi connectivity index (χ0) is 15.1. The molecule has 0 bridgehead atoms. The van der Waals surface area contributed by atoms with Gasteiger partial charge in [-0.15, -0.1) is 0 Å². The van der Waals surface area contributed by atoms with E-state index in [1.165, 1.54) is 36.4 Å². The largest absolute Gasteiger partial charge is 0.508 e. The van der Waals surface area contributed by atoms with Gasteiger partial charge in [-0.1, -0.05) is 23.7 Å². The van der Waals surface area contributed by atoms with Gasteiger partial charge in [0, 0.05) is 18.2 Å². The number of nitro benzene ring substituents is 2. The summed E-state index contributed by atoms with van der Waals surface area (Å²) < 4.78 is 0. The third-order valence-corrected chi connectivity index (χ3v) is 2.43. The molecular formula is C12H9ClN2O5. The highest BCUT2D eigenvalue weighted by molar-refractivity contribution is 6.32. The first-order chi connectivity index (χ1) is 9.41. The molecule has 1 N–H and O–H groups in total. The van der Waals surface area contributed by atoms with Gasteiger partial charge in [-0.3, -0.25) is 20.2 Å². The van der Waals surface area contributed by atoms with E-state index in [2.05, 4.69) is 0 Å². The molecule has 0 saturated heterocycles. The van der Waals surface area contributed by atoms with E-state index in [0.717, 1.165) is 0 Å². The number of hydrogen-bond donors (Lipinski definition) is 1. The van der Waals surface area contributed by atoms with Gasteiger partial charge in [0.05, 0.1) is 9.85 Å². The lowest BCUT2D eigenvalue weighted by Crippen LogP contribution is -1.87. The van der Waals surface area contributed by atoms with Gasteiger partial charge in [0.1, 0.15) is 10.8 Å². The number of phenolic OH excluding ortho intramolecular Hbond substituents is 1. The van der Waals surface area contributed by atoms with Crippen molar-refractivity contribution in [3.63, 3.8) is 0 Å². The second-order valence-corrected chi connectivity index (χ2v) is 3.89. The molecule has 7 nitrogen and oxygen atoms in total. The predicted octanol–water partition coefficient (Wildman–Crippen LogP) is 3.55. The minimum absolute atomic E-state index is 0.0159. The van der Waals surface area contributed by atoms with Crippen molar-refractivity contribution >= 4 is 23.0 Å². The Hall–Kier alpha value is -2.67. The summed E-state index contributed by atoms with van der Waals surface area (Å²) in [5.74, 6) is 0.0330. The molecule has 2 aromatic carbocycles. The quantitative estimate of drug-likeness (QED) is 0.673. The van der Waals surface area contributed by atoms with Gasteiger partial charge in [0.25, 0.3) is 11.4 Å². The molecule has 0 aliphatic heterocycles. The molecule has 0 unspecified atom stereocenters. The molecule has 20 heavy (non-hydrogen) atoms. The van der Waals surface area contributed by atoms with E-state index in [1.807, 2.05) is 0 Å². The van der Waals surface area contributed by atoms with Crippen molar-refractivity contribution in [1.29, 1.82) is 0 Å². The maximum Gasteiger partial charge on any atom is 0.287 e. The number of benzene rings is 2. The molecule has 0 aromatic heterocycles. The molecule has 2 aromatic rings. The summed E-state index contributed by atoms with van der Waals surface area (Å²) in [7, 11) is 0. The number of aromatic hydroxyl groups is 1. The second-order valence-electron chi connectivity index (χ2n) is 3.48. The highest BCUT2D eigenvalue weighted by Crippen LogP contribution is 2.22. The van der Waals surface area contributed by atoms with Crippen LogP contribution >= 0.6 is 11.6 Å². The van der Waals surface area contributed by atoms with E-state index < -0.39 is 9.85 Å². The highest BCUT2D eigenvalue weighted by atomic mass is 35.5. The average molecular weight is 297 g/mol. The maximum absolute atomic E-state index is 10.1. The van der Waals surface area contributed by atoms with Gasteiger partial charge in [-0.25, -0.2) is 0 Å². The van der Waals surface area contributed by atoms with Crippen molar-refractivity contribution in [3.8, 4) is 5.75 Å². The van der Waals surface area contributed by atoms with E-state index in [0.29, 0.717) is 0 Å². The van der Waals surface area contributed by atoms with Crippen molar-refractivity contribution in [2.24, 2.45) is 0 Å². The molecule has 104 valence electrons. The van der Waals surface area contributed by atoms with Crippen LogP contribution in [-0.4, -0.2) is 15.0 Å². The van der Waals surface area contributed by atoms with Gasteiger partial charge in [-0.2, -0.15) is 0 Å². The van der Waals surface area contributed by atoms with Gasteiger partial charge in [-0.05, 0) is 18.2 Å². The number of hydrogen-bond acceptors (Lipinski definition) is 5. The number of rotatable bonds is 2. The number of nitrogens with zero attached hydrogens (tertiary/aromatic N) is 2. The van der Waals surface area contributed by atoms with Gasteiger partial charge in [0.15, 0.2) is 0 Å². The fourth-order valence-electron chi connectivity index (χ4n) is 1.17. The molecule has 0 aliphatic carbocycles. The molecule has 0 aliphatic rings. The lowest BCUT2D eigenvalue weighted by atomic mass is 10.3. The van der Waals surface area contributed by atoms with Crippen molar-refractivity contribution in [1.82, 2.24) is 0 Å². The summed E-state index contributed by atoms with van der Waals surface area (Å²) in [6.45, 7) is 0. The fraction of sp³-hybridized carbons (Fsp3) is 0. The minimum atomic E-state index is -0.514. The number of phenols is 1. The topological polar surface area (TPSA) is 107 Å². The summed E-state index contributed by atoms with van der Waals surface area (Å²) >= 11 is 5.48. The second kappa shape index (κ2) is 7.05. The Bertz CT molecular complexity index is 615. The Labute approximate surface area is 118 Å².